The van der Waals surface area contributed by atoms with Gasteiger partial charge in [0.25, 0.3) is 0 Å². The maximum atomic E-state index is 13.8. The molecule has 2 saturated carbocycles. The number of halogens is 4. The van der Waals surface area contributed by atoms with E-state index < -0.39 is 104 Å². The highest BCUT2D eigenvalue weighted by atomic mass is 35.5. The first kappa shape index (κ1) is 32.1. The molecular formula is C27H32Cl4O11. The highest BCUT2D eigenvalue weighted by Crippen LogP contribution is 2.73. The van der Waals surface area contributed by atoms with E-state index in [4.69, 9.17) is 74.8 Å². The number of allylic oxidation sites excluding steroid dienone is 2. The zero-order chi connectivity index (χ0) is 30.9. The zero-order valence-corrected chi connectivity index (χ0v) is 26.2. The highest BCUT2D eigenvalue weighted by molar-refractivity contribution is 6.53. The first-order chi connectivity index (χ1) is 19.7. The van der Waals surface area contributed by atoms with Gasteiger partial charge in [-0.3, -0.25) is 4.79 Å². The van der Waals surface area contributed by atoms with Crippen molar-refractivity contribution in [1.29, 1.82) is 0 Å². The summed E-state index contributed by atoms with van der Waals surface area (Å²) in [4.78, 5) is 49.6. The largest absolute Gasteiger partial charge is 0.505 e. The van der Waals surface area contributed by atoms with E-state index in [2.05, 4.69) is 0 Å². The zero-order valence-electron chi connectivity index (χ0n) is 23.2. The van der Waals surface area contributed by atoms with Crippen LogP contribution in [-0.2, 0) is 47.6 Å². The number of fused-ring (bicyclic) bond motifs is 2. The van der Waals surface area contributed by atoms with Gasteiger partial charge >= 0.3 is 17.9 Å². The fraction of sp³-hybridized carbons (Fsp3) is 0.778. The minimum Gasteiger partial charge on any atom is -0.505 e. The van der Waals surface area contributed by atoms with Crippen molar-refractivity contribution in [2.75, 3.05) is 20.3 Å². The van der Waals surface area contributed by atoms with E-state index in [0.29, 0.717) is 13.0 Å². The van der Waals surface area contributed by atoms with Crippen LogP contribution in [0.1, 0.15) is 33.6 Å². The Morgan fingerprint density at radius 3 is 2.36 bits per heavy atom. The summed E-state index contributed by atoms with van der Waals surface area (Å²) in [5.74, 6) is -6.72. The van der Waals surface area contributed by atoms with Crippen molar-refractivity contribution >= 4 is 70.1 Å². The molecule has 5 rings (SSSR count). The minimum atomic E-state index is -2.01. The summed E-state index contributed by atoms with van der Waals surface area (Å²) in [5.41, 5.74) is -4.16. The molecule has 0 radical (unpaired) electrons. The Hall–Kier alpha value is -1.34. The smallest absolute Gasteiger partial charge is 0.342 e. The monoisotopic (exact) mass is 672 g/mol. The molecule has 11 nitrogen and oxygen atoms in total. The summed E-state index contributed by atoms with van der Waals surface area (Å²) >= 11 is 23.6. The summed E-state index contributed by atoms with van der Waals surface area (Å²) in [6, 6.07) is 0. The Morgan fingerprint density at radius 2 is 1.76 bits per heavy atom. The van der Waals surface area contributed by atoms with Gasteiger partial charge in [-0.2, -0.15) is 0 Å². The average Bonchev–Trinajstić information content (AvgIpc) is 3.20. The van der Waals surface area contributed by atoms with Crippen molar-refractivity contribution in [2.24, 2.45) is 34.5 Å². The van der Waals surface area contributed by atoms with Gasteiger partial charge in [0.1, 0.15) is 6.10 Å². The predicted octanol–water partition coefficient (Wildman–Crippen LogP) is 3.43. The van der Waals surface area contributed by atoms with Crippen molar-refractivity contribution in [3.05, 3.63) is 11.8 Å². The third-order valence-electron chi connectivity index (χ3n) is 10.1. The number of hydrogen-bond acceptors (Lipinski definition) is 11. The van der Waals surface area contributed by atoms with Crippen LogP contribution in [0.25, 0.3) is 0 Å². The third kappa shape index (κ3) is 4.40. The quantitative estimate of drug-likeness (QED) is 0.241. The normalized spacial score (nSPS) is 43.8. The van der Waals surface area contributed by atoms with E-state index in [0.717, 1.165) is 7.11 Å². The second-order valence-electron chi connectivity index (χ2n) is 11.7. The van der Waals surface area contributed by atoms with Crippen LogP contribution in [0.3, 0.4) is 0 Å². The van der Waals surface area contributed by atoms with Crippen LogP contribution < -0.4 is 0 Å². The number of ether oxygens (including phenoxy) is 6. The second kappa shape index (κ2) is 11.2. The average molecular weight is 674 g/mol. The molecular weight excluding hydrogens is 642 g/mol. The number of ketones is 1. The number of alkyl halides is 4. The molecule has 0 aromatic rings. The van der Waals surface area contributed by atoms with E-state index in [1.165, 1.54) is 6.08 Å². The molecule has 2 heterocycles. The third-order valence-corrected chi connectivity index (χ3v) is 10.8. The first-order valence-electron chi connectivity index (χ1n) is 13.6. The van der Waals surface area contributed by atoms with E-state index in [1.807, 2.05) is 6.92 Å². The van der Waals surface area contributed by atoms with Crippen molar-refractivity contribution in [1.82, 2.24) is 0 Å². The number of aliphatic hydroxyl groups is 1. The van der Waals surface area contributed by atoms with Gasteiger partial charge in [0.15, 0.2) is 23.9 Å². The summed E-state index contributed by atoms with van der Waals surface area (Å²) in [5, 5.41) is 10.8. The Kier molecular flexibility index (Phi) is 8.57. The van der Waals surface area contributed by atoms with Crippen molar-refractivity contribution < 1.29 is 52.7 Å². The highest BCUT2D eigenvalue weighted by Gasteiger charge is 2.84. The first-order valence-corrected chi connectivity index (χ1v) is 15.4. The van der Waals surface area contributed by atoms with Gasteiger partial charge in [0, 0.05) is 41.6 Å². The molecule has 2 aliphatic heterocycles. The van der Waals surface area contributed by atoms with E-state index >= 15 is 0 Å². The SMILES string of the molecule is CCO[C@@H]1C[C@H]2[C@]3(C(=O)OC)OC[C@@]24[C@H]([C@@H](OC(=O)C(Cl)Cl)[C@@H]3OC(=O)C(Cl)Cl)[C@@]2(C)C=C(O)C(=O)[C@@H](C)[C@@H]2C[C@H]4O1. The summed E-state index contributed by atoms with van der Waals surface area (Å²) in [7, 11) is 1.15. The van der Waals surface area contributed by atoms with Gasteiger partial charge in [0.05, 0.1) is 19.8 Å². The fourth-order valence-corrected chi connectivity index (χ4v) is 8.89. The molecule has 2 saturated heterocycles. The molecule has 42 heavy (non-hydrogen) atoms. The van der Waals surface area contributed by atoms with Crippen LogP contribution in [0.15, 0.2) is 11.8 Å². The number of methoxy groups -OCH3 is 1. The summed E-state index contributed by atoms with van der Waals surface area (Å²) in [6.07, 6.45) is -2.66. The molecule has 5 aliphatic rings. The molecule has 1 N–H and O–H groups in total. The number of hydrogen-bond donors (Lipinski definition) is 1. The number of rotatable bonds is 7. The van der Waals surface area contributed by atoms with Crippen molar-refractivity contribution in [3.8, 4) is 0 Å². The summed E-state index contributed by atoms with van der Waals surface area (Å²) in [6.45, 7) is 5.52. The molecule has 11 atom stereocenters. The van der Waals surface area contributed by atoms with Crippen LogP contribution in [0.4, 0.5) is 0 Å². The molecule has 0 aromatic carbocycles. The number of Topliss-reactive ketones (excluding diaryl/α,β-unsaturated/α-hetero) is 1. The Balaban J connectivity index is 1.81. The Bertz CT molecular complexity index is 1190. The number of carbonyl (C=O) groups excluding carboxylic acids is 4. The van der Waals surface area contributed by atoms with Crippen LogP contribution >= 0.6 is 46.4 Å². The number of aliphatic hydroxyl groups excluding tert-OH is 1. The van der Waals surface area contributed by atoms with Crippen molar-refractivity contribution in [3.63, 3.8) is 0 Å². The van der Waals surface area contributed by atoms with Crippen LogP contribution in [0, 0.1) is 34.5 Å². The maximum Gasteiger partial charge on any atom is 0.342 e. The molecule has 4 fully saturated rings. The molecule has 3 aliphatic carbocycles. The van der Waals surface area contributed by atoms with E-state index in [-0.39, 0.29) is 13.0 Å². The van der Waals surface area contributed by atoms with Crippen LogP contribution in [0.5, 0.6) is 0 Å². The van der Waals surface area contributed by atoms with Gasteiger partial charge in [-0.05, 0) is 25.3 Å². The van der Waals surface area contributed by atoms with Crippen LogP contribution in [0.2, 0.25) is 0 Å². The molecule has 0 unspecified atom stereocenters. The summed E-state index contributed by atoms with van der Waals surface area (Å²) < 4.78 is 35.8. The minimum absolute atomic E-state index is 0.0986. The molecule has 15 heteroatoms. The van der Waals surface area contributed by atoms with Gasteiger partial charge in [-0.1, -0.05) is 60.3 Å². The Morgan fingerprint density at radius 1 is 1.12 bits per heavy atom. The maximum absolute atomic E-state index is 13.8. The lowest BCUT2D eigenvalue weighted by Gasteiger charge is -2.68. The van der Waals surface area contributed by atoms with Crippen LogP contribution in [-0.4, -0.2) is 89.0 Å². The lowest BCUT2D eigenvalue weighted by atomic mass is 9.38. The van der Waals surface area contributed by atoms with Gasteiger partial charge in [0.2, 0.25) is 15.3 Å². The predicted molar refractivity (Wildman–Crippen MR) is 147 cm³/mol. The fourth-order valence-electron chi connectivity index (χ4n) is 8.69. The van der Waals surface area contributed by atoms with E-state index in [1.54, 1.807) is 13.8 Å². The molecule has 1 spiro atoms. The lowest BCUT2D eigenvalue weighted by Crippen LogP contribution is -2.77. The number of esters is 3. The number of carbonyl (C=O) groups is 4. The Labute approximate surface area is 262 Å². The standard InChI is InChI=1S/C27H32Cl4O11/c1-5-38-15-7-13-26-9-39-27(13,24(36)37-4)19(42-23(35)21(30)31)17(41-22(34)20(28)29)18(26)25(3)8-12(32)16(33)10(2)11(25)6-14(26)40-15/h8,10-11,13-15,17-21,32H,5-7,9H2,1-4H3/t10-,11-,13+,14+,15-,17+,18+,19-,25-,26+,27-/m0/s1. The van der Waals surface area contributed by atoms with Gasteiger partial charge in [-0.15, -0.1) is 0 Å². The molecule has 0 amide bonds. The second-order valence-corrected chi connectivity index (χ2v) is 13.9. The lowest BCUT2D eigenvalue weighted by molar-refractivity contribution is -0.324. The molecule has 234 valence electrons. The van der Waals surface area contributed by atoms with Gasteiger partial charge in [-0.25, -0.2) is 14.4 Å². The topological polar surface area (TPSA) is 144 Å². The van der Waals surface area contributed by atoms with Crippen molar-refractivity contribution in [2.45, 2.75) is 73.5 Å². The van der Waals surface area contributed by atoms with E-state index in [9.17, 15) is 24.3 Å². The van der Waals surface area contributed by atoms with Gasteiger partial charge < -0.3 is 33.5 Å². The molecule has 2 bridgehead atoms. The molecule has 0 aromatic heterocycles.